The van der Waals surface area contributed by atoms with Crippen molar-refractivity contribution in [2.75, 3.05) is 0 Å². The Morgan fingerprint density at radius 1 is 1.25 bits per heavy atom. The van der Waals surface area contributed by atoms with E-state index in [-0.39, 0.29) is 23.7 Å². The lowest BCUT2D eigenvalue weighted by molar-refractivity contribution is -0.130. The molecule has 0 heterocycles. The minimum Gasteiger partial charge on any atom is -0.369 e. The van der Waals surface area contributed by atoms with Gasteiger partial charge in [0, 0.05) is 17.8 Å². The molecule has 0 saturated heterocycles. The van der Waals surface area contributed by atoms with E-state index in [2.05, 4.69) is 0 Å². The summed E-state index contributed by atoms with van der Waals surface area (Å²) in [5, 5.41) is 0. The van der Waals surface area contributed by atoms with Gasteiger partial charge in [0.2, 0.25) is 5.91 Å². The Morgan fingerprint density at radius 2 is 1.75 bits per heavy atom. The lowest BCUT2D eigenvalue weighted by Gasteiger charge is -2.23. The van der Waals surface area contributed by atoms with Crippen molar-refractivity contribution in [3.63, 3.8) is 0 Å². The number of hydrogen-bond acceptors (Lipinski definition) is 2. The van der Waals surface area contributed by atoms with Gasteiger partial charge in [-0.3, -0.25) is 9.59 Å². The SMILES string of the molecule is NC(=O)C1C[C@H]2CC[C@@H](C1)C2=O. The Kier molecular flexibility index (Phi) is 1.67. The molecule has 2 aliphatic rings. The predicted molar refractivity (Wildman–Crippen MR) is 43.1 cm³/mol. The minimum atomic E-state index is -0.223. The maximum Gasteiger partial charge on any atom is 0.220 e. The number of ketones is 1. The zero-order valence-electron chi connectivity index (χ0n) is 6.95. The number of fused-ring (bicyclic) bond motifs is 2. The average Bonchev–Trinajstić information content (AvgIpc) is 2.30. The second-order valence-electron chi connectivity index (χ2n) is 3.94. The number of carbonyl (C=O) groups excluding carboxylic acids is 2. The molecule has 2 bridgehead atoms. The summed E-state index contributed by atoms with van der Waals surface area (Å²) < 4.78 is 0. The van der Waals surface area contributed by atoms with E-state index in [0.29, 0.717) is 18.6 Å². The van der Waals surface area contributed by atoms with E-state index in [1.54, 1.807) is 0 Å². The van der Waals surface area contributed by atoms with Crippen LogP contribution in [0.5, 0.6) is 0 Å². The number of nitrogens with two attached hydrogens (primary N) is 1. The monoisotopic (exact) mass is 167 g/mol. The van der Waals surface area contributed by atoms with Crippen LogP contribution >= 0.6 is 0 Å². The standard InChI is InChI=1S/C9H13NO2/c10-9(12)7-3-5-1-2-6(4-7)8(5)11/h5-7H,1-4H2,(H2,10,12)/t5-,6+,7?. The Hall–Kier alpha value is -0.860. The van der Waals surface area contributed by atoms with Gasteiger partial charge in [-0.1, -0.05) is 0 Å². The highest BCUT2D eigenvalue weighted by Gasteiger charge is 2.42. The largest absolute Gasteiger partial charge is 0.369 e. The molecular weight excluding hydrogens is 154 g/mol. The molecule has 2 aliphatic carbocycles. The van der Waals surface area contributed by atoms with Gasteiger partial charge in [-0.15, -0.1) is 0 Å². The van der Waals surface area contributed by atoms with Crippen LogP contribution in [0.3, 0.4) is 0 Å². The molecule has 2 fully saturated rings. The molecule has 0 radical (unpaired) electrons. The third-order valence-electron chi connectivity index (χ3n) is 3.21. The summed E-state index contributed by atoms with van der Waals surface area (Å²) >= 11 is 0. The third kappa shape index (κ3) is 1.04. The van der Waals surface area contributed by atoms with E-state index in [4.69, 9.17) is 5.73 Å². The van der Waals surface area contributed by atoms with E-state index in [9.17, 15) is 9.59 Å². The van der Waals surface area contributed by atoms with Crippen molar-refractivity contribution in [1.29, 1.82) is 0 Å². The fourth-order valence-electron chi connectivity index (χ4n) is 2.50. The minimum absolute atomic E-state index is 0.0276. The van der Waals surface area contributed by atoms with Crippen molar-refractivity contribution in [3.05, 3.63) is 0 Å². The quantitative estimate of drug-likeness (QED) is 0.617. The van der Waals surface area contributed by atoms with Crippen molar-refractivity contribution in [3.8, 4) is 0 Å². The van der Waals surface area contributed by atoms with Crippen LogP contribution in [0.25, 0.3) is 0 Å². The molecular formula is C9H13NO2. The van der Waals surface area contributed by atoms with Gasteiger partial charge < -0.3 is 5.73 Å². The third-order valence-corrected chi connectivity index (χ3v) is 3.21. The second kappa shape index (κ2) is 2.57. The van der Waals surface area contributed by atoms with Crippen LogP contribution in [0, 0.1) is 17.8 Å². The summed E-state index contributed by atoms with van der Waals surface area (Å²) in [6.45, 7) is 0. The first-order valence-electron chi connectivity index (χ1n) is 4.51. The highest BCUT2D eigenvalue weighted by Crippen LogP contribution is 2.41. The second-order valence-corrected chi connectivity index (χ2v) is 3.94. The van der Waals surface area contributed by atoms with Crippen molar-refractivity contribution in [2.24, 2.45) is 23.5 Å². The van der Waals surface area contributed by atoms with E-state index in [1.807, 2.05) is 0 Å². The molecule has 3 atom stereocenters. The number of carbonyl (C=O) groups is 2. The van der Waals surface area contributed by atoms with Crippen molar-refractivity contribution in [2.45, 2.75) is 25.7 Å². The molecule has 0 spiro atoms. The van der Waals surface area contributed by atoms with Gasteiger partial charge in [0.25, 0.3) is 0 Å². The smallest absolute Gasteiger partial charge is 0.220 e. The fraction of sp³-hybridized carbons (Fsp3) is 0.778. The fourth-order valence-corrected chi connectivity index (χ4v) is 2.50. The highest BCUT2D eigenvalue weighted by atomic mass is 16.1. The molecule has 12 heavy (non-hydrogen) atoms. The molecule has 3 heteroatoms. The zero-order chi connectivity index (χ0) is 8.72. The first-order chi connectivity index (χ1) is 5.68. The highest BCUT2D eigenvalue weighted by molar-refractivity contribution is 5.88. The van der Waals surface area contributed by atoms with Gasteiger partial charge in [0.05, 0.1) is 0 Å². The summed E-state index contributed by atoms with van der Waals surface area (Å²) in [6.07, 6.45) is 3.38. The van der Waals surface area contributed by atoms with Gasteiger partial charge in [-0.2, -0.15) is 0 Å². The van der Waals surface area contributed by atoms with Crippen LogP contribution in [-0.2, 0) is 9.59 Å². The molecule has 2 saturated carbocycles. The Balaban J connectivity index is 2.12. The zero-order valence-corrected chi connectivity index (χ0v) is 6.95. The van der Waals surface area contributed by atoms with E-state index in [1.165, 1.54) is 0 Å². The topological polar surface area (TPSA) is 60.2 Å². The van der Waals surface area contributed by atoms with E-state index in [0.717, 1.165) is 12.8 Å². The first kappa shape index (κ1) is 7.77. The molecule has 2 N–H and O–H groups in total. The van der Waals surface area contributed by atoms with E-state index >= 15 is 0 Å². The van der Waals surface area contributed by atoms with Crippen LogP contribution in [0.4, 0.5) is 0 Å². The molecule has 66 valence electrons. The van der Waals surface area contributed by atoms with E-state index < -0.39 is 0 Å². The van der Waals surface area contributed by atoms with Gasteiger partial charge in [0.1, 0.15) is 5.78 Å². The number of amides is 1. The van der Waals surface area contributed by atoms with Crippen LogP contribution < -0.4 is 5.73 Å². The van der Waals surface area contributed by atoms with Crippen LogP contribution in [0.15, 0.2) is 0 Å². The number of primary amides is 1. The number of rotatable bonds is 1. The summed E-state index contributed by atoms with van der Waals surface area (Å²) in [7, 11) is 0. The molecule has 0 aliphatic heterocycles. The van der Waals surface area contributed by atoms with Gasteiger partial charge in [-0.05, 0) is 25.7 Å². The Labute approximate surface area is 71.3 Å². The molecule has 0 aromatic carbocycles. The molecule has 3 nitrogen and oxygen atoms in total. The molecule has 1 unspecified atom stereocenters. The summed E-state index contributed by atoms with van der Waals surface area (Å²) in [5.41, 5.74) is 5.21. The predicted octanol–water partition coefficient (Wildman–Crippen LogP) is 0.477. The van der Waals surface area contributed by atoms with Gasteiger partial charge >= 0.3 is 0 Å². The van der Waals surface area contributed by atoms with Crippen LogP contribution in [0.2, 0.25) is 0 Å². The summed E-state index contributed by atoms with van der Waals surface area (Å²) in [5.74, 6) is 0.439. The lowest BCUT2D eigenvalue weighted by Crippen LogP contribution is -2.33. The van der Waals surface area contributed by atoms with Crippen LogP contribution in [-0.4, -0.2) is 11.7 Å². The van der Waals surface area contributed by atoms with Gasteiger partial charge in [0.15, 0.2) is 0 Å². The first-order valence-corrected chi connectivity index (χ1v) is 4.51. The van der Waals surface area contributed by atoms with Crippen molar-refractivity contribution in [1.82, 2.24) is 0 Å². The molecule has 0 aromatic heterocycles. The molecule has 0 aromatic rings. The van der Waals surface area contributed by atoms with Crippen LogP contribution in [0.1, 0.15) is 25.7 Å². The maximum absolute atomic E-state index is 11.4. The number of Topliss-reactive ketones (excluding diaryl/α,β-unsaturated/α-hetero) is 1. The number of hydrogen-bond donors (Lipinski definition) is 1. The Bertz CT molecular complexity index is 221. The lowest BCUT2D eigenvalue weighted by atomic mass is 9.80. The normalized spacial score (nSPS) is 40.0. The Morgan fingerprint density at radius 3 is 2.17 bits per heavy atom. The summed E-state index contributed by atoms with van der Waals surface area (Å²) in [6, 6.07) is 0. The van der Waals surface area contributed by atoms with Gasteiger partial charge in [-0.25, -0.2) is 0 Å². The average molecular weight is 167 g/mol. The molecule has 2 rings (SSSR count). The maximum atomic E-state index is 11.4. The molecule has 1 amide bonds. The van der Waals surface area contributed by atoms with Crippen molar-refractivity contribution >= 4 is 11.7 Å². The van der Waals surface area contributed by atoms with Crippen molar-refractivity contribution < 1.29 is 9.59 Å². The summed E-state index contributed by atoms with van der Waals surface area (Å²) in [4.78, 5) is 22.3.